The molecule has 1 heterocycles. The molecule has 3 nitrogen and oxygen atoms in total. The van der Waals surface area contributed by atoms with E-state index in [1.54, 1.807) is 6.20 Å². The van der Waals surface area contributed by atoms with Gasteiger partial charge in [-0.2, -0.15) is 0 Å². The number of benzene rings is 1. The molecular formula is C17H21ClN2O. The van der Waals surface area contributed by atoms with Crippen LogP contribution in [0.4, 0.5) is 0 Å². The van der Waals surface area contributed by atoms with Gasteiger partial charge in [0.1, 0.15) is 5.75 Å². The van der Waals surface area contributed by atoms with Gasteiger partial charge >= 0.3 is 0 Å². The van der Waals surface area contributed by atoms with E-state index in [1.165, 1.54) is 0 Å². The fourth-order valence-corrected chi connectivity index (χ4v) is 2.29. The summed E-state index contributed by atoms with van der Waals surface area (Å²) in [7, 11) is 0. The lowest BCUT2D eigenvalue weighted by Crippen LogP contribution is -2.11. The zero-order chi connectivity index (χ0) is 15.2. The molecule has 2 aromatic rings. The molecule has 1 N–H and O–H groups in total. The second kappa shape index (κ2) is 7.43. The van der Waals surface area contributed by atoms with Crippen LogP contribution in [0.15, 0.2) is 36.7 Å². The summed E-state index contributed by atoms with van der Waals surface area (Å²) >= 11 is 6.35. The second-order valence-corrected chi connectivity index (χ2v) is 5.57. The highest BCUT2D eigenvalue weighted by atomic mass is 35.5. The molecule has 4 heteroatoms. The molecule has 1 aromatic carbocycles. The van der Waals surface area contributed by atoms with Crippen molar-refractivity contribution in [1.82, 2.24) is 10.3 Å². The average molecular weight is 305 g/mol. The van der Waals surface area contributed by atoms with Crippen LogP contribution in [0.3, 0.4) is 0 Å². The first-order valence-corrected chi connectivity index (χ1v) is 7.59. The minimum Gasteiger partial charge on any atom is -0.489 e. The maximum absolute atomic E-state index is 6.35. The van der Waals surface area contributed by atoms with Crippen LogP contribution < -0.4 is 10.1 Å². The van der Waals surface area contributed by atoms with Crippen molar-refractivity contribution in [3.8, 4) is 16.9 Å². The molecule has 0 saturated carbocycles. The van der Waals surface area contributed by atoms with Gasteiger partial charge in [-0.15, -0.1) is 0 Å². The molecule has 0 unspecified atom stereocenters. The van der Waals surface area contributed by atoms with E-state index >= 15 is 0 Å². The van der Waals surface area contributed by atoms with Gasteiger partial charge in [0.15, 0.2) is 0 Å². The average Bonchev–Trinajstić information content (AvgIpc) is 2.45. The van der Waals surface area contributed by atoms with Gasteiger partial charge in [-0.05, 0) is 43.7 Å². The summed E-state index contributed by atoms with van der Waals surface area (Å²) in [5.74, 6) is 0.773. The van der Waals surface area contributed by atoms with E-state index in [0.29, 0.717) is 0 Å². The lowest BCUT2D eigenvalue weighted by Gasteiger charge is -2.11. The molecular weight excluding hydrogens is 284 g/mol. The number of hydrogen-bond donors (Lipinski definition) is 1. The molecule has 1 aromatic heterocycles. The van der Waals surface area contributed by atoms with Gasteiger partial charge in [-0.25, -0.2) is 0 Å². The third-order valence-corrected chi connectivity index (χ3v) is 3.39. The van der Waals surface area contributed by atoms with Gasteiger partial charge in [-0.3, -0.25) is 4.98 Å². The minimum absolute atomic E-state index is 0.133. The Morgan fingerprint density at radius 3 is 2.67 bits per heavy atom. The summed E-state index contributed by atoms with van der Waals surface area (Å²) < 4.78 is 5.68. The fourth-order valence-electron chi connectivity index (χ4n) is 2.04. The molecule has 0 atom stereocenters. The van der Waals surface area contributed by atoms with Crippen LogP contribution in [0.2, 0.25) is 5.02 Å². The zero-order valence-electron chi connectivity index (χ0n) is 12.7. The minimum atomic E-state index is 0.133. The molecule has 0 fully saturated rings. The van der Waals surface area contributed by atoms with E-state index in [2.05, 4.69) is 29.4 Å². The summed E-state index contributed by atoms with van der Waals surface area (Å²) in [4.78, 5) is 4.24. The molecule has 21 heavy (non-hydrogen) atoms. The number of nitrogens with zero attached hydrogens (tertiary/aromatic N) is 1. The van der Waals surface area contributed by atoms with Gasteiger partial charge in [0, 0.05) is 23.3 Å². The Labute approximate surface area is 131 Å². The first kappa shape index (κ1) is 15.8. The molecule has 0 aliphatic carbocycles. The van der Waals surface area contributed by atoms with Crippen LogP contribution in [-0.4, -0.2) is 17.6 Å². The van der Waals surface area contributed by atoms with E-state index in [-0.39, 0.29) is 6.10 Å². The normalized spacial score (nSPS) is 10.9. The van der Waals surface area contributed by atoms with Crippen molar-refractivity contribution in [2.45, 2.75) is 33.4 Å². The first-order chi connectivity index (χ1) is 10.1. The van der Waals surface area contributed by atoms with Crippen molar-refractivity contribution in [1.29, 1.82) is 0 Å². The molecule has 0 bridgehead atoms. The summed E-state index contributed by atoms with van der Waals surface area (Å²) in [6.07, 6.45) is 3.68. The Kier molecular flexibility index (Phi) is 5.59. The largest absolute Gasteiger partial charge is 0.489 e. The van der Waals surface area contributed by atoms with Gasteiger partial charge in [0.2, 0.25) is 0 Å². The van der Waals surface area contributed by atoms with Crippen molar-refractivity contribution in [3.63, 3.8) is 0 Å². The standard InChI is InChI=1S/C17H21ClN2O/c1-4-19-9-14-6-5-13(8-17(14)18)15-7-16(11-20-10-15)21-12(2)3/h5-8,10-12,19H,4,9H2,1-3H3. The van der Waals surface area contributed by atoms with E-state index in [1.807, 2.05) is 32.2 Å². The van der Waals surface area contributed by atoms with Crippen molar-refractivity contribution in [2.24, 2.45) is 0 Å². The Balaban J connectivity index is 2.23. The van der Waals surface area contributed by atoms with Crippen molar-refractivity contribution in [3.05, 3.63) is 47.2 Å². The fraction of sp³-hybridized carbons (Fsp3) is 0.353. The smallest absolute Gasteiger partial charge is 0.138 e. The summed E-state index contributed by atoms with van der Waals surface area (Å²) in [6.45, 7) is 7.78. The van der Waals surface area contributed by atoms with Gasteiger partial charge in [0.05, 0.1) is 12.3 Å². The number of aromatic nitrogens is 1. The van der Waals surface area contributed by atoms with Crippen LogP contribution in [0.25, 0.3) is 11.1 Å². The lowest BCUT2D eigenvalue weighted by molar-refractivity contribution is 0.241. The zero-order valence-corrected chi connectivity index (χ0v) is 13.4. The SMILES string of the molecule is CCNCc1ccc(-c2cncc(OC(C)C)c2)cc1Cl. The lowest BCUT2D eigenvalue weighted by atomic mass is 10.1. The Morgan fingerprint density at radius 2 is 2.00 bits per heavy atom. The van der Waals surface area contributed by atoms with E-state index in [4.69, 9.17) is 16.3 Å². The number of ether oxygens (including phenoxy) is 1. The van der Waals surface area contributed by atoms with Crippen LogP contribution in [0.1, 0.15) is 26.3 Å². The Bertz CT molecular complexity index is 599. The highest BCUT2D eigenvalue weighted by Gasteiger charge is 2.06. The summed E-state index contributed by atoms with van der Waals surface area (Å²) in [6, 6.07) is 8.08. The van der Waals surface area contributed by atoms with Crippen LogP contribution in [0, 0.1) is 0 Å². The van der Waals surface area contributed by atoms with Crippen LogP contribution >= 0.6 is 11.6 Å². The summed E-state index contributed by atoms with van der Waals surface area (Å²) in [5.41, 5.74) is 3.15. The molecule has 0 spiro atoms. The van der Waals surface area contributed by atoms with Crippen molar-refractivity contribution in [2.75, 3.05) is 6.54 Å². The quantitative estimate of drug-likeness (QED) is 0.864. The number of nitrogens with one attached hydrogen (secondary N) is 1. The van der Waals surface area contributed by atoms with Crippen molar-refractivity contribution < 1.29 is 4.74 Å². The molecule has 0 saturated heterocycles. The summed E-state index contributed by atoms with van der Waals surface area (Å²) in [5, 5.41) is 4.05. The number of rotatable bonds is 6. The molecule has 0 amide bonds. The highest BCUT2D eigenvalue weighted by molar-refractivity contribution is 6.31. The van der Waals surface area contributed by atoms with Crippen LogP contribution in [-0.2, 0) is 6.54 Å². The maximum Gasteiger partial charge on any atom is 0.138 e. The predicted molar refractivity (Wildman–Crippen MR) is 87.8 cm³/mol. The third-order valence-electron chi connectivity index (χ3n) is 3.04. The Morgan fingerprint density at radius 1 is 1.19 bits per heavy atom. The maximum atomic E-state index is 6.35. The number of pyridine rings is 1. The molecule has 0 aliphatic heterocycles. The molecule has 0 radical (unpaired) electrons. The van der Waals surface area contributed by atoms with E-state index in [0.717, 1.165) is 40.6 Å². The van der Waals surface area contributed by atoms with E-state index in [9.17, 15) is 0 Å². The molecule has 2 rings (SSSR count). The third kappa shape index (κ3) is 4.45. The van der Waals surface area contributed by atoms with E-state index < -0.39 is 0 Å². The van der Waals surface area contributed by atoms with Crippen molar-refractivity contribution >= 4 is 11.6 Å². The van der Waals surface area contributed by atoms with Gasteiger partial charge in [-0.1, -0.05) is 30.7 Å². The van der Waals surface area contributed by atoms with Gasteiger partial charge in [0.25, 0.3) is 0 Å². The highest BCUT2D eigenvalue weighted by Crippen LogP contribution is 2.27. The molecule has 0 aliphatic rings. The predicted octanol–water partition coefficient (Wildman–Crippen LogP) is 4.30. The second-order valence-electron chi connectivity index (χ2n) is 5.16. The monoisotopic (exact) mass is 304 g/mol. The number of hydrogen-bond acceptors (Lipinski definition) is 3. The Hall–Kier alpha value is -1.58. The van der Waals surface area contributed by atoms with Gasteiger partial charge < -0.3 is 10.1 Å². The molecule has 112 valence electrons. The first-order valence-electron chi connectivity index (χ1n) is 7.21. The van der Waals surface area contributed by atoms with Crippen LogP contribution in [0.5, 0.6) is 5.75 Å². The topological polar surface area (TPSA) is 34.2 Å². The number of halogens is 1.